The van der Waals surface area contributed by atoms with E-state index in [1.165, 1.54) is 0 Å². The first-order valence-corrected chi connectivity index (χ1v) is 6.29. The van der Waals surface area contributed by atoms with Gasteiger partial charge in [0, 0.05) is 23.3 Å². The molecule has 4 heteroatoms. The molecule has 0 saturated carbocycles. The molecule has 98 valence electrons. The number of nitrogens with zero attached hydrogens (tertiary/aromatic N) is 3. The lowest BCUT2D eigenvalue weighted by Gasteiger charge is -2.07. The molecule has 3 aromatic rings. The number of ether oxygens (including phenoxy) is 1. The average molecular weight is 263 g/mol. The van der Waals surface area contributed by atoms with Gasteiger partial charge in [-0.15, -0.1) is 0 Å². The maximum atomic E-state index is 9.10. The molecular formula is C16H13N3O. The molecule has 0 bridgehead atoms. The third-order valence-electron chi connectivity index (χ3n) is 3.33. The van der Waals surface area contributed by atoms with E-state index in [2.05, 4.69) is 15.6 Å². The Balaban J connectivity index is 2.06. The fourth-order valence-corrected chi connectivity index (χ4v) is 2.36. The lowest BCUT2D eigenvalue weighted by Crippen LogP contribution is -2.01. The fraction of sp³-hybridized carbons (Fsp3) is 0.125. The minimum Gasteiger partial charge on any atom is -0.496 e. The van der Waals surface area contributed by atoms with Crippen molar-refractivity contribution in [2.24, 2.45) is 0 Å². The maximum Gasteiger partial charge on any atom is 0.145 e. The summed E-state index contributed by atoms with van der Waals surface area (Å²) in [5.41, 5.74) is 2.46. The van der Waals surface area contributed by atoms with Crippen LogP contribution < -0.4 is 4.74 Å². The molecule has 0 atom stereocenters. The normalized spacial score (nSPS) is 10.4. The van der Waals surface area contributed by atoms with Gasteiger partial charge in [0.25, 0.3) is 0 Å². The van der Waals surface area contributed by atoms with Gasteiger partial charge in [-0.2, -0.15) is 5.26 Å². The third-order valence-corrected chi connectivity index (χ3v) is 3.33. The smallest absolute Gasteiger partial charge is 0.145 e. The van der Waals surface area contributed by atoms with E-state index >= 15 is 0 Å². The van der Waals surface area contributed by atoms with E-state index in [0.29, 0.717) is 12.2 Å². The molecule has 0 aliphatic carbocycles. The van der Waals surface area contributed by atoms with Crippen LogP contribution in [0.25, 0.3) is 10.9 Å². The molecule has 0 radical (unpaired) electrons. The van der Waals surface area contributed by atoms with Crippen molar-refractivity contribution in [2.75, 3.05) is 7.11 Å². The lowest BCUT2D eigenvalue weighted by atomic mass is 10.2. The highest BCUT2D eigenvalue weighted by Gasteiger charge is 2.08. The van der Waals surface area contributed by atoms with Crippen LogP contribution in [-0.2, 0) is 6.54 Å². The first kappa shape index (κ1) is 12.2. The Morgan fingerprint density at radius 1 is 1.25 bits per heavy atom. The lowest BCUT2D eigenvalue weighted by molar-refractivity contribution is 0.420. The monoisotopic (exact) mass is 263 g/mol. The molecule has 1 aromatic carbocycles. The number of benzene rings is 1. The highest BCUT2D eigenvalue weighted by Crippen LogP contribution is 2.26. The van der Waals surface area contributed by atoms with E-state index in [1.807, 2.05) is 42.6 Å². The first-order valence-electron chi connectivity index (χ1n) is 6.29. The molecule has 0 aliphatic rings. The zero-order valence-electron chi connectivity index (χ0n) is 11.1. The van der Waals surface area contributed by atoms with Gasteiger partial charge in [0.2, 0.25) is 0 Å². The number of hydrogen-bond donors (Lipinski definition) is 0. The summed E-state index contributed by atoms with van der Waals surface area (Å²) in [6.07, 6.45) is 3.64. The van der Waals surface area contributed by atoms with Crippen molar-refractivity contribution in [2.45, 2.75) is 6.54 Å². The minimum atomic E-state index is 0.470. The Bertz CT molecular complexity index is 799. The second-order valence-electron chi connectivity index (χ2n) is 4.46. The van der Waals surface area contributed by atoms with E-state index in [0.717, 1.165) is 22.2 Å². The Kier molecular flexibility index (Phi) is 3.10. The molecule has 0 spiro atoms. The van der Waals surface area contributed by atoms with Crippen molar-refractivity contribution in [1.82, 2.24) is 9.55 Å². The Hall–Kier alpha value is -2.80. The standard InChI is InChI=1S/C16H13N3O/c1-20-16-6-2-5-15-13(16)7-9-19(15)11-12-4-3-8-18-14(12)10-17/h2-9H,11H2,1H3. The van der Waals surface area contributed by atoms with Crippen LogP contribution in [0.3, 0.4) is 0 Å². The highest BCUT2D eigenvalue weighted by molar-refractivity contribution is 5.86. The molecule has 0 saturated heterocycles. The van der Waals surface area contributed by atoms with Crippen molar-refractivity contribution >= 4 is 10.9 Å². The van der Waals surface area contributed by atoms with Gasteiger partial charge in [-0.25, -0.2) is 4.98 Å². The van der Waals surface area contributed by atoms with Crippen LogP contribution in [0.2, 0.25) is 0 Å². The van der Waals surface area contributed by atoms with Gasteiger partial charge in [0.1, 0.15) is 17.5 Å². The van der Waals surface area contributed by atoms with Gasteiger partial charge >= 0.3 is 0 Å². The number of pyridine rings is 1. The first-order chi connectivity index (χ1) is 9.83. The number of fused-ring (bicyclic) bond motifs is 1. The van der Waals surface area contributed by atoms with Crippen LogP contribution in [0.5, 0.6) is 5.75 Å². The number of methoxy groups -OCH3 is 1. The third kappa shape index (κ3) is 1.99. The molecule has 0 aliphatic heterocycles. The number of rotatable bonds is 3. The zero-order valence-corrected chi connectivity index (χ0v) is 11.1. The molecule has 3 rings (SSSR count). The molecule has 20 heavy (non-hydrogen) atoms. The molecule has 0 unspecified atom stereocenters. The van der Waals surface area contributed by atoms with Gasteiger partial charge in [-0.1, -0.05) is 12.1 Å². The quantitative estimate of drug-likeness (QED) is 0.730. The Morgan fingerprint density at radius 3 is 2.95 bits per heavy atom. The Morgan fingerprint density at radius 2 is 2.15 bits per heavy atom. The van der Waals surface area contributed by atoms with Gasteiger partial charge in [0.15, 0.2) is 0 Å². The van der Waals surface area contributed by atoms with Crippen molar-refractivity contribution in [1.29, 1.82) is 5.26 Å². The summed E-state index contributed by atoms with van der Waals surface area (Å²) in [5.74, 6) is 0.855. The molecular weight excluding hydrogens is 250 g/mol. The highest BCUT2D eigenvalue weighted by atomic mass is 16.5. The van der Waals surface area contributed by atoms with Crippen LogP contribution in [-0.4, -0.2) is 16.7 Å². The summed E-state index contributed by atoms with van der Waals surface area (Å²) in [7, 11) is 1.67. The number of nitriles is 1. The molecule has 2 aromatic heterocycles. The molecule has 0 N–H and O–H groups in total. The summed E-state index contributed by atoms with van der Waals surface area (Å²) < 4.78 is 7.45. The van der Waals surface area contributed by atoms with Gasteiger partial charge < -0.3 is 9.30 Å². The maximum absolute atomic E-state index is 9.10. The van der Waals surface area contributed by atoms with E-state index in [-0.39, 0.29) is 0 Å². The van der Waals surface area contributed by atoms with E-state index in [9.17, 15) is 0 Å². The number of hydrogen-bond acceptors (Lipinski definition) is 3. The SMILES string of the molecule is COc1cccc2c1ccn2Cc1cccnc1C#N. The van der Waals surface area contributed by atoms with Crippen molar-refractivity contribution < 1.29 is 4.74 Å². The molecule has 0 amide bonds. The molecule has 2 heterocycles. The van der Waals surface area contributed by atoms with Crippen LogP contribution >= 0.6 is 0 Å². The van der Waals surface area contributed by atoms with Gasteiger partial charge in [-0.05, 0) is 24.3 Å². The second kappa shape index (κ2) is 5.06. The average Bonchev–Trinajstić information content (AvgIpc) is 2.91. The van der Waals surface area contributed by atoms with E-state index in [1.54, 1.807) is 13.3 Å². The van der Waals surface area contributed by atoms with Gasteiger partial charge in [0.05, 0.1) is 19.2 Å². The van der Waals surface area contributed by atoms with Crippen LogP contribution in [0.15, 0.2) is 48.8 Å². The topological polar surface area (TPSA) is 50.8 Å². The van der Waals surface area contributed by atoms with Crippen LogP contribution in [0.4, 0.5) is 0 Å². The predicted octanol–water partition coefficient (Wildman–Crippen LogP) is 2.96. The fourth-order valence-electron chi connectivity index (χ4n) is 2.36. The van der Waals surface area contributed by atoms with Crippen LogP contribution in [0.1, 0.15) is 11.3 Å². The Labute approximate surface area is 116 Å². The summed E-state index contributed by atoms with van der Waals surface area (Å²) >= 11 is 0. The summed E-state index contributed by atoms with van der Waals surface area (Å²) in [5, 5.41) is 10.2. The van der Waals surface area contributed by atoms with Crippen molar-refractivity contribution in [3.05, 3.63) is 60.0 Å². The summed E-state index contributed by atoms with van der Waals surface area (Å²) in [6, 6.07) is 13.9. The molecule has 0 fully saturated rings. The number of aromatic nitrogens is 2. The summed E-state index contributed by atoms with van der Waals surface area (Å²) in [6.45, 7) is 0.618. The van der Waals surface area contributed by atoms with Crippen molar-refractivity contribution in [3.8, 4) is 11.8 Å². The molecule has 4 nitrogen and oxygen atoms in total. The summed E-state index contributed by atoms with van der Waals surface area (Å²) in [4.78, 5) is 4.09. The predicted molar refractivity (Wildman–Crippen MR) is 76.5 cm³/mol. The van der Waals surface area contributed by atoms with Gasteiger partial charge in [-0.3, -0.25) is 0 Å². The van der Waals surface area contributed by atoms with E-state index in [4.69, 9.17) is 10.00 Å². The van der Waals surface area contributed by atoms with E-state index < -0.39 is 0 Å². The minimum absolute atomic E-state index is 0.470. The van der Waals surface area contributed by atoms with Crippen molar-refractivity contribution in [3.63, 3.8) is 0 Å². The zero-order chi connectivity index (χ0) is 13.9. The second-order valence-corrected chi connectivity index (χ2v) is 4.46. The largest absolute Gasteiger partial charge is 0.496 e. The van der Waals surface area contributed by atoms with Crippen LogP contribution in [0, 0.1) is 11.3 Å².